The van der Waals surface area contributed by atoms with Crippen LogP contribution < -0.4 is 0 Å². The van der Waals surface area contributed by atoms with Gasteiger partial charge in [0.2, 0.25) is 0 Å². The van der Waals surface area contributed by atoms with Crippen LogP contribution in [0.4, 0.5) is 0 Å². The first kappa shape index (κ1) is 18.3. The maximum absolute atomic E-state index is 10.2. The van der Waals surface area contributed by atoms with Gasteiger partial charge < -0.3 is 9.67 Å². The lowest BCUT2D eigenvalue weighted by Crippen LogP contribution is -2.08. The highest BCUT2D eigenvalue weighted by atomic mass is 16.3. The van der Waals surface area contributed by atoms with Gasteiger partial charge in [-0.3, -0.25) is 0 Å². The van der Waals surface area contributed by atoms with Gasteiger partial charge in [-0.05, 0) is 38.5 Å². The van der Waals surface area contributed by atoms with Crippen molar-refractivity contribution < 1.29 is 5.11 Å². The lowest BCUT2D eigenvalue weighted by atomic mass is 10.0. The van der Waals surface area contributed by atoms with Gasteiger partial charge in [-0.25, -0.2) is 4.68 Å². The molecule has 7 nitrogen and oxygen atoms in total. The summed E-state index contributed by atoms with van der Waals surface area (Å²) in [5, 5.41) is 24.8. The van der Waals surface area contributed by atoms with E-state index in [1.54, 1.807) is 10.7 Å². The van der Waals surface area contributed by atoms with E-state index in [9.17, 15) is 5.11 Å². The van der Waals surface area contributed by atoms with Crippen LogP contribution in [0.15, 0.2) is 48.5 Å². The predicted molar refractivity (Wildman–Crippen MR) is 116 cm³/mol. The summed E-state index contributed by atoms with van der Waals surface area (Å²) in [6, 6.07) is 15.5. The second-order valence-electron chi connectivity index (χ2n) is 7.41. The number of hydrogen-bond acceptors (Lipinski definition) is 5. The number of nitrogens with zero attached hydrogens (tertiary/aromatic N) is 6. The lowest BCUT2D eigenvalue weighted by Gasteiger charge is -2.06. The molecule has 5 rings (SSSR count). The first-order chi connectivity index (χ1) is 14.6. The normalized spacial score (nSPS) is 11.6. The second-order valence-corrected chi connectivity index (χ2v) is 7.41. The van der Waals surface area contributed by atoms with Gasteiger partial charge in [0.25, 0.3) is 5.95 Å². The van der Waals surface area contributed by atoms with Crippen molar-refractivity contribution in [2.75, 3.05) is 0 Å². The van der Waals surface area contributed by atoms with Gasteiger partial charge in [0.05, 0.1) is 11.2 Å². The summed E-state index contributed by atoms with van der Waals surface area (Å²) in [4.78, 5) is 4.83. The summed E-state index contributed by atoms with van der Waals surface area (Å²) < 4.78 is 3.90. The number of hydrogen-bond donors (Lipinski definition) is 1. The number of aryl methyl sites for hydroxylation is 2. The molecule has 1 N–H and O–H groups in total. The zero-order valence-electron chi connectivity index (χ0n) is 17.2. The molecule has 0 saturated heterocycles. The van der Waals surface area contributed by atoms with Crippen molar-refractivity contribution in [1.82, 2.24) is 29.5 Å². The van der Waals surface area contributed by atoms with Crippen molar-refractivity contribution in [3.63, 3.8) is 0 Å². The molecule has 0 aliphatic rings. The number of benzene rings is 2. The molecular formula is C23H22N6O. The van der Waals surface area contributed by atoms with Gasteiger partial charge in [-0.15, -0.1) is 10.2 Å². The average Bonchev–Trinajstić information content (AvgIpc) is 3.23. The Hall–Kier alpha value is -3.74. The van der Waals surface area contributed by atoms with Gasteiger partial charge in [-0.1, -0.05) is 36.4 Å². The van der Waals surface area contributed by atoms with E-state index in [0.717, 1.165) is 51.1 Å². The number of phenolic OH excluding ortho intramolecular Hbond substituents is 1. The summed E-state index contributed by atoms with van der Waals surface area (Å²) in [7, 11) is 0. The molecule has 3 heterocycles. The number of rotatable bonds is 4. The Labute approximate surface area is 173 Å². The summed E-state index contributed by atoms with van der Waals surface area (Å²) in [6.07, 6.45) is 0.592. The van der Waals surface area contributed by atoms with Crippen molar-refractivity contribution in [2.24, 2.45) is 0 Å². The molecule has 7 heteroatoms. The third-order valence-corrected chi connectivity index (χ3v) is 5.67. The minimum absolute atomic E-state index is 0.288. The number of aromatic hydroxyl groups is 1. The fourth-order valence-corrected chi connectivity index (χ4v) is 4.08. The van der Waals surface area contributed by atoms with E-state index in [4.69, 9.17) is 4.98 Å². The average molecular weight is 398 g/mol. The quantitative estimate of drug-likeness (QED) is 0.493. The highest BCUT2D eigenvalue weighted by Gasteiger charge is 2.19. The Kier molecular flexibility index (Phi) is 4.24. The van der Waals surface area contributed by atoms with E-state index >= 15 is 0 Å². The van der Waals surface area contributed by atoms with E-state index in [0.29, 0.717) is 12.4 Å². The number of aromatic nitrogens is 6. The Balaban J connectivity index is 1.64. The lowest BCUT2D eigenvalue weighted by molar-refractivity contribution is 0.469. The van der Waals surface area contributed by atoms with E-state index in [1.807, 2.05) is 50.2 Å². The van der Waals surface area contributed by atoms with Crippen LogP contribution in [-0.2, 0) is 13.0 Å². The van der Waals surface area contributed by atoms with Crippen LogP contribution in [0, 0.1) is 13.8 Å². The van der Waals surface area contributed by atoms with Crippen molar-refractivity contribution in [3.05, 3.63) is 71.0 Å². The number of phenols is 1. The fourth-order valence-electron chi connectivity index (χ4n) is 4.08. The van der Waals surface area contributed by atoms with Crippen LogP contribution in [0.1, 0.15) is 29.4 Å². The molecule has 5 aromatic rings. The van der Waals surface area contributed by atoms with Crippen LogP contribution in [0.5, 0.6) is 5.75 Å². The van der Waals surface area contributed by atoms with Gasteiger partial charge in [0, 0.05) is 29.6 Å². The third kappa shape index (κ3) is 2.74. The van der Waals surface area contributed by atoms with E-state index in [2.05, 4.69) is 32.9 Å². The van der Waals surface area contributed by atoms with Gasteiger partial charge in [0.1, 0.15) is 11.3 Å². The monoisotopic (exact) mass is 398 g/mol. The standard InChI is InChI=1S/C23H22N6O/c1-4-28-19-11-7-6-10-17(19)21-22(28)24-23(26-25-21)29-15(3)18(14(2)27-29)13-16-9-5-8-12-20(16)30/h5-12,30H,4,13H2,1-3H3. The van der Waals surface area contributed by atoms with Crippen molar-refractivity contribution in [1.29, 1.82) is 0 Å². The summed E-state index contributed by atoms with van der Waals surface area (Å²) in [6.45, 7) is 6.85. The first-order valence-electron chi connectivity index (χ1n) is 10.0. The van der Waals surface area contributed by atoms with E-state index < -0.39 is 0 Å². The molecule has 0 aliphatic heterocycles. The Morgan fingerprint density at radius 1 is 0.967 bits per heavy atom. The molecule has 0 fully saturated rings. The topological polar surface area (TPSA) is 81.7 Å². The molecule has 0 saturated carbocycles. The van der Waals surface area contributed by atoms with Crippen LogP contribution in [0.3, 0.4) is 0 Å². The molecular weight excluding hydrogens is 376 g/mol. The number of fused-ring (bicyclic) bond motifs is 3. The summed E-state index contributed by atoms with van der Waals surface area (Å²) in [5.74, 6) is 0.736. The SMILES string of the molecule is CCn1c2ccccc2c2nnc(-n3nc(C)c(Cc4ccccc4O)c3C)nc21. The van der Waals surface area contributed by atoms with Gasteiger partial charge in [-0.2, -0.15) is 10.1 Å². The maximum atomic E-state index is 10.2. The maximum Gasteiger partial charge on any atom is 0.272 e. The van der Waals surface area contributed by atoms with E-state index in [-0.39, 0.29) is 5.75 Å². The Morgan fingerprint density at radius 3 is 2.53 bits per heavy atom. The molecule has 0 radical (unpaired) electrons. The molecule has 0 amide bonds. The van der Waals surface area contributed by atoms with Crippen LogP contribution >= 0.6 is 0 Å². The molecule has 0 aliphatic carbocycles. The molecule has 0 spiro atoms. The molecule has 150 valence electrons. The second kappa shape index (κ2) is 6.95. The van der Waals surface area contributed by atoms with Crippen molar-refractivity contribution in [3.8, 4) is 11.7 Å². The molecule has 3 aromatic heterocycles. The Bertz CT molecular complexity index is 1400. The molecule has 2 aromatic carbocycles. The molecule has 0 atom stereocenters. The van der Waals surface area contributed by atoms with E-state index in [1.165, 1.54) is 0 Å². The summed E-state index contributed by atoms with van der Waals surface area (Å²) in [5.41, 5.74) is 6.44. The van der Waals surface area contributed by atoms with Gasteiger partial charge in [0.15, 0.2) is 5.65 Å². The summed E-state index contributed by atoms with van der Waals surface area (Å²) >= 11 is 0. The smallest absolute Gasteiger partial charge is 0.272 e. The van der Waals surface area contributed by atoms with Crippen molar-refractivity contribution >= 4 is 22.1 Å². The first-order valence-corrected chi connectivity index (χ1v) is 10.0. The number of para-hydroxylation sites is 2. The molecule has 0 bridgehead atoms. The zero-order chi connectivity index (χ0) is 20.8. The van der Waals surface area contributed by atoms with Crippen molar-refractivity contribution in [2.45, 2.75) is 33.7 Å². The largest absolute Gasteiger partial charge is 0.508 e. The minimum Gasteiger partial charge on any atom is -0.508 e. The van der Waals surface area contributed by atoms with Crippen LogP contribution in [0.25, 0.3) is 28.0 Å². The third-order valence-electron chi connectivity index (χ3n) is 5.67. The van der Waals surface area contributed by atoms with Crippen LogP contribution in [0.2, 0.25) is 0 Å². The molecule has 30 heavy (non-hydrogen) atoms. The molecule has 0 unspecified atom stereocenters. The minimum atomic E-state index is 0.288. The predicted octanol–water partition coefficient (Wildman–Crippen LogP) is 4.10. The highest BCUT2D eigenvalue weighted by molar-refractivity contribution is 6.04. The Morgan fingerprint density at radius 2 is 1.73 bits per heavy atom. The van der Waals surface area contributed by atoms with Gasteiger partial charge >= 0.3 is 0 Å². The zero-order valence-corrected chi connectivity index (χ0v) is 17.2. The fraction of sp³-hybridized carbons (Fsp3) is 0.217. The highest BCUT2D eigenvalue weighted by Crippen LogP contribution is 2.27. The van der Waals surface area contributed by atoms with Crippen LogP contribution in [-0.4, -0.2) is 34.6 Å².